The molecule has 0 spiro atoms. The Morgan fingerprint density at radius 2 is 1.72 bits per heavy atom. The molecule has 2 rings (SSSR count). The third kappa shape index (κ3) is 4.57. The van der Waals surface area contributed by atoms with Gasteiger partial charge in [0.15, 0.2) is 0 Å². The monoisotopic (exact) mass is 297 g/mol. The number of rotatable bonds is 1. The predicted octanol–water partition coefficient (Wildman–Crippen LogP) is 1.12. The van der Waals surface area contributed by atoms with E-state index in [1.165, 1.54) is 0 Å². The summed E-state index contributed by atoms with van der Waals surface area (Å²) in [6.45, 7) is 3.79. The van der Waals surface area contributed by atoms with E-state index in [-0.39, 0.29) is 36.8 Å². The fourth-order valence-electron chi connectivity index (χ4n) is 2.72. The summed E-state index contributed by atoms with van der Waals surface area (Å²) >= 11 is 0. The van der Waals surface area contributed by atoms with Crippen LogP contribution in [0.2, 0.25) is 0 Å². The first-order chi connectivity index (χ1) is 7.66. The number of carbonyl (C=O) groups excluding carboxylic acids is 1. The highest BCUT2D eigenvalue weighted by molar-refractivity contribution is 5.85. The van der Waals surface area contributed by atoms with Gasteiger partial charge in [0, 0.05) is 25.0 Å². The molecule has 108 valence electrons. The molecule has 1 atom stereocenters. The highest BCUT2D eigenvalue weighted by Gasteiger charge is 2.29. The van der Waals surface area contributed by atoms with Crippen LogP contribution in [0.25, 0.3) is 0 Å². The summed E-state index contributed by atoms with van der Waals surface area (Å²) in [4.78, 5) is 16.5. The van der Waals surface area contributed by atoms with Gasteiger partial charge in [-0.15, -0.1) is 24.8 Å². The second-order valence-corrected chi connectivity index (χ2v) is 5.26. The van der Waals surface area contributed by atoms with Crippen LogP contribution in [-0.2, 0) is 4.79 Å². The second-order valence-electron chi connectivity index (χ2n) is 5.26. The zero-order valence-corrected chi connectivity index (χ0v) is 12.6. The molecular weight excluding hydrogens is 273 g/mol. The normalized spacial score (nSPS) is 26.1. The van der Waals surface area contributed by atoms with E-state index in [0.29, 0.717) is 5.91 Å². The number of carbonyl (C=O) groups is 1. The quantitative estimate of drug-likeness (QED) is 0.789. The standard InChI is InChI=1S/C12H23N3O.2ClH/c1-14-7-4-10(5-8-14)12(16)15-6-2-3-11(13)9-15;;/h10-11H,2-9,13H2,1H3;2*1H/t11-;;/m1../s1. The lowest BCUT2D eigenvalue weighted by atomic mass is 9.94. The molecular formula is C12H25Cl2N3O. The van der Waals surface area contributed by atoms with Crippen LogP contribution in [0.1, 0.15) is 25.7 Å². The first kappa shape index (κ1) is 18.0. The van der Waals surface area contributed by atoms with Crippen molar-refractivity contribution in [3.63, 3.8) is 0 Å². The van der Waals surface area contributed by atoms with Crippen LogP contribution in [0, 0.1) is 5.92 Å². The highest BCUT2D eigenvalue weighted by Crippen LogP contribution is 2.20. The summed E-state index contributed by atoms with van der Waals surface area (Å²) in [5, 5.41) is 0. The summed E-state index contributed by atoms with van der Waals surface area (Å²) < 4.78 is 0. The van der Waals surface area contributed by atoms with Crippen molar-refractivity contribution >= 4 is 30.7 Å². The number of nitrogens with zero attached hydrogens (tertiary/aromatic N) is 2. The van der Waals surface area contributed by atoms with Gasteiger partial charge in [-0.3, -0.25) is 4.79 Å². The maximum atomic E-state index is 12.3. The van der Waals surface area contributed by atoms with E-state index in [9.17, 15) is 4.79 Å². The van der Waals surface area contributed by atoms with Crippen LogP contribution in [0.5, 0.6) is 0 Å². The summed E-state index contributed by atoms with van der Waals surface area (Å²) in [5.41, 5.74) is 5.91. The third-order valence-electron chi connectivity index (χ3n) is 3.84. The van der Waals surface area contributed by atoms with Crippen LogP contribution < -0.4 is 5.73 Å². The number of hydrogen-bond acceptors (Lipinski definition) is 3. The van der Waals surface area contributed by atoms with Crippen molar-refractivity contribution < 1.29 is 4.79 Å². The van der Waals surface area contributed by atoms with E-state index >= 15 is 0 Å². The Kier molecular flexibility index (Phi) is 8.19. The molecule has 6 heteroatoms. The number of amides is 1. The molecule has 0 saturated carbocycles. The number of hydrogen-bond donors (Lipinski definition) is 1. The molecule has 2 aliphatic rings. The first-order valence-corrected chi connectivity index (χ1v) is 6.39. The molecule has 1 amide bonds. The van der Waals surface area contributed by atoms with Gasteiger partial charge in [0.1, 0.15) is 0 Å². The topological polar surface area (TPSA) is 49.6 Å². The van der Waals surface area contributed by atoms with Crippen molar-refractivity contribution in [3.8, 4) is 0 Å². The minimum Gasteiger partial charge on any atom is -0.341 e. The van der Waals surface area contributed by atoms with Gasteiger partial charge in [0.2, 0.25) is 5.91 Å². The fraction of sp³-hybridized carbons (Fsp3) is 0.917. The number of piperidine rings is 2. The Hall–Kier alpha value is -0.0300. The summed E-state index contributed by atoms with van der Waals surface area (Å²) in [6, 6.07) is 0.198. The summed E-state index contributed by atoms with van der Waals surface area (Å²) in [6.07, 6.45) is 4.17. The molecule has 0 aromatic heterocycles. The Balaban J connectivity index is 0.00000144. The molecule has 18 heavy (non-hydrogen) atoms. The van der Waals surface area contributed by atoms with Gasteiger partial charge < -0.3 is 15.5 Å². The zero-order chi connectivity index (χ0) is 11.5. The van der Waals surface area contributed by atoms with Crippen molar-refractivity contribution in [2.24, 2.45) is 11.7 Å². The lowest BCUT2D eigenvalue weighted by molar-refractivity contribution is -0.138. The van der Waals surface area contributed by atoms with Gasteiger partial charge in [-0.05, 0) is 45.8 Å². The Labute approximate surface area is 122 Å². The van der Waals surface area contributed by atoms with Crippen LogP contribution in [-0.4, -0.2) is 55.0 Å². The molecule has 0 aromatic carbocycles. The average Bonchev–Trinajstić information content (AvgIpc) is 2.29. The minimum absolute atomic E-state index is 0. The lowest BCUT2D eigenvalue weighted by Gasteiger charge is -2.36. The van der Waals surface area contributed by atoms with E-state index in [1.807, 2.05) is 4.90 Å². The molecule has 2 heterocycles. The maximum absolute atomic E-state index is 12.3. The average molecular weight is 298 g/mol. The van der Waals surface area contributed by atoms with Gasteiger partial charge >= 0.3 is 0 Å². The van der Waals surface area contributed by atoms with Gasteiger partial charge in [-0.25, -0.2) is 0 Å². The molecule has 0 radical (unpaired) electrons. The molecule has 0 aromatic rings. The highest BCUT2D eigenvalue weighted by atomic mass is 35.5. The molecule has 2 aliphatic heterocycles. The van der Waals surface area contributed by atoms with Crippen LogP contribution in [0.3, 0.4) is 0 Å². The van der Waals surface area contributed by atoms with Gasteiger partial charge in [-0.2, -0.15) is 0 Å². The van der Waals surface area contributed by atoms with Crippen molar-refractivity contribution in [1.82, 2.24) is 9.80 Å². The van der Waals surface area contributed by atoms with Crippen molar-refractivity contribution in [2.75, 3.05) is 33.2 Å². The van der Waals surface area contributed by atoms with Crippen LogP contribution >= 0.6 is 24.8 Å². The molecule has 2 saturated heterocycles. The maximum Gasteiger partial charge on any atom is 0.225 e. The van der Waals surface area contributed by atoms with Crippen LogP contribution in [0.15, 0.2) is 0 Å². The van der Waals surface area contributed by atoms with Crippen molar-refractivity contribution in [2.45, 2.75) is 31.7 Å². The van der Waals surface area contributed by atoms with E-state index in [0.717, 1.165) is 51.9 Å². The zero-order valence-electron chi connectivity index (χ0n) is 11.0. The number of likely N-dealkylation sites (tertiary alicyclic amines) is 2. The van der Waals surface area contributed by atoms with E-state index < -0.39 is 0 Å². The Bertz CT molecular complexity index is 258. The van der Waals surface area contributed by atoms with E-state index in [4.69, 9.17) is 5.73 Å². The van der Waals surface area contributed by atoms with E-state index in [1.54, 1.807) is 0 Å². The van der Waals surface area contributed by atoms with Crippen LogP contribution in [0.4, 0.5) is 0 Å². The molecule has 2 N–H and O–H groups in total. The SMILES string of the molecule is CN1CCC(C(=O)N2CCC[C@@H](N)C2)CC1.Cl.Cl. The molecule has 0 aliphatic carbocycles. The summed E-state index contributed by atoms with van der Waals surface area (Å²) in [5.74, 6) is 0.602. The fourth-order valence-corrected chi connectivity index (χ4v) is 2.72. The predicted molar refractivity (Wildman–Crippen MR) is 78.5 cm³/mol. The lowest BCUT2D eigenvalue weighted by Crippen LogP contribution is -2.49. The number of nitrogens with two attached hydrogens (primary N) is 1. The van der Waals surface area contributed by atoms with E-state index in [2.05, 4.69) is 11.9 Å². The number of halogens is 2. The van der Waals surface area contributed by atoms with Crippen molar-refractivity contribution in [1.29, 1.82) is 0 Å². The second kappa shape index (κ2) is 8.20. The third-order valence-corrected chi connectivity index (χ3v) is 3.84. The first-order valence-electron chi connectivity index (χ1n) is 6.39. The smallest absolute Gasteiger partial charge is 0.225 e. The molecule has 0 bridgehead atoms. The Morgan fingerprint density at radius 1 is 1.11 bits per heavy atom. The molecule has 4 nitrogen and oxygen atoms in total. The molecule has 0 unspecified atom stereocenters. The van der Waals surface area contributed by atoms with Gasteiger partial charge in [-0.1, -0.05) is 0 Å². The summed E-state index contributed by atoms with van der Waals surface area (Å²) in [7, 11) is 2.12. The Morgan fingerprint density at radius 3 is 2.28 bits per heavy atom. The van der Waals surface area contributed by atoms with Gasteiger partial charge in [0.25, 0.3) is 0 Å². The van der Waals surface area contributed by atoms with Crippen molar-refractivity contribution in [3.05, 3.63) is 0 Å². The largest absolute Gasteiger partial charge is 0.341 e. The van der Waals surface area contributed by atoms with Gasteiger partial charge in [0.05, 0.1) is 0 Å². The minimum atomic E-state index is 0. The molecule has 2 fully saturated rings.